The Morgan fingerprint density at radius 2 is 1.65 bits per heavy atom. The number of fused-ring (bicyclic) bond motifs is 6. The van der Waals surface area contributed by atoms with Gasteiger partial charge >= 0.3 is 23.9 Å². The molecule has 1 spiro atoms. The standard InChI is InChI=1S/C52H69N7O9/c1-9-48(54-47(63)59-24-22-55(4)23-25-59)28-33-29-51(45(61)66-7,41-35(16-20-57(30-33)31-48)34-14-11-12-15-38(34)53-41)37-26-36-39(27-40(37)65-6)56(5)43-50(36)18-21-58-19-13-17-49(10-2,42(50)58)44(68-32(3)60)52(43,64)46(62)67-8/h11-15,17,26-27,33,42-44,53,64H,9-10,16,18-25,28-31H2,1-8H3,(H,54,63)/t33-,42+,43-,44-,48+,49-,50-,51+,52+/m1/s1. The lowest BCUT2D eigenvalue weighted by atomic mass is 9.47. The van der Waals surface area contributed by atoms with Gasteiger partial charge in [-0.05, 0) is 81.3 Å². The third kappa shape index (κ3) is 6.45. The summed E-state index contributed by atoms with van der Waals surface area (Å²) in [6, 6.07) is 11.0. The van der Waals surface area contributed by atoms with E-state index in [9.17, 15) is 19.5 Å². The first-order valence-electron chi connectivity index (χ1n) is 24.6. The van der Waals surface area contributed by atoms with Crippen LogP contribution in [0.1, 0.15) is 75.3 Å². The molecule has 1 aliphatic carbocycles. The molecule has 68 heavy (non-hydrogen) atoms. The fraction of sp³-hybridized carbons (Fsp3) is 0.615. The van der Waals surface area contributed by atoms with Gasteiger partial charge in [0.25, 0.3) is 0 Å². The maximum atomic E-state index is 15.7. The van der Waals surface area contributed by atoms with Crippen LogP contribution in [0.25, 0.3) is 10.9 Å². The number of ether oxygens (including phenoxy) is 4. The number of rotatable bonds is 8. The lowest BCUT2D eigenvalue weighted by Crippen LogP contribution is -2.81. The molecule has 16 heteroatoms. The number of aliphatic hydroxyl groups is 1. The normalized spacial score (nSPS) is 35.2. The quantitative estimate of drug-likeness (QED) is 0.169. The van der Waals surface area contributed by atoms with Crippen LogP contribution in [0.15, 0.2) is 48.6 Å². The molecular formula is C52H69N7O9. The molecule has 7 aliphatic rings. The number of nitrogens with zero attached hydrogens (tertiary/aromatic N) is 5. The highest BCUT2D eigenvalue weighted by Gasteiger charge is 2.80. The maximum Gasteiger partial charge on any atom is 0.344 e. The van der Waals surface area contributed by atoms with E-state index >= 15 is 4.79 Å². The molecule has 2 aromatic carbocycles. The molecule has 7 heterocycles. The molecule has 366 valence electrons. The Kier molecular flexibility index (Phi) is 11.5. The van der Waals surface area contributed by atoms with Crippen LogP contribution >= 0.6 is 0 Å². The number of methoxy groups -OCH3 is 3. The summed E-state index contributed by atoms with van der Waals surface area (Å²) in [6.07, 6.45) is 6.17. The van der Waals surface area contributed by atoms with Crippen molar-refractivity contribution in [2.24, 2.45) is 11.3 Å². The number of amides is 2. The van der Waals surface area contributed by atoms with Gasteiger partial charge in [-0.25, -0.2) is 9.59 Å². The molecule has 4 fully saturated rings. The Labute approximate surface area is 399 Å². The smallest absolute Gasteiger partial charge is 0.344 e. The Bertz CT molecular complexity index is 2560. The summed E-state index contributed by atoms with van der Waals surface area (Å²) in [7, 11) is 8.28. The number of para-hydroxylation sites is 1. The monoisotopic (exact) mass is 936 g/mol. The summed E-state index contributed by atoms with van der Waals surface area (Å²) in [4.78, 5) is 72.4. The Morgan fingerprint density at radius 3 is 2.34 bits per heavy atom. The van der Waals surface area contributed by atoms with Gasteiger partial charge in [-0.15, -0.1) is 0 Å². The molecule has 1 aromatic heterocycles. The molecule has 2 bridgehead atoms. The number of likely N-dealkylation sites (N-methyl/N-ethyl adjacent to an activating group) is 2. The first kappa shape index (κ1) is 46.6. The Hall–Kier alpha value is -5.16. The minimum absolute atomic E-state index is 0.0502. The molecule has 10 atom stereocenters. The number of aromatic amines is 1. The molecule has 6 aliphatic heterocycles. The van der Waals surface area contributed by atoms with E-state index in [4.69, 9.17) is 18.9 Å². The van der Waals surface area contributed by atoms with Crippen LogP contribution in [0.4, 0.5) is 10.5 Å². The molecule has 0 radical (unpaired) electrons. The molecule has 2 amide bonds. The maximum absolute atomic E-state index is 15.7. The number of esters is 3. The van der Waals surface area contributed by atoms with Crippen molar-refractivity contribution in [2.75, 3.05) is 99.2 Å². The average molecular weight is 936 g/mol. The highest BCUT2D eigenvalue weighted by Crippen LogP contribution is 2.68. The molecule has 3 aromatic rings. The first-order chi connectivity index (χ1) is 32.6. The summed E-state index contributed by atoms with van der Waals surface area (Å²) in [5.41, 5.74) is -1.36. The number of anilines is 1. The molecule has 10 rings (SSSR count). The number of carbonyl (C=O) groups excluding carboxylic acids is 4. The van der Waals surface area contributed by atoms with Crippen molar-refractivity contribution in [1.82, 2.24) is 29.9 Å². The summed E-state index contributed by atoms with van der Waals surface area (Å²) >= 11 is 0. The fourth-order valence-corrected chi connectivity index (χ4v) is 15.0. The van der Waals surface area contributed by atoms with Gasteiger partial charge in [0, 0.05) is 117 Å². The van der Waals surface area contributed by atoms with E-state index in [1.54, 1.807) is 7.11 Å². The van der Waals surface area contributed by atoms with Crippen LogP contribution in [0.2, 0.25) is 0 Å². The minimum atomic E-state index is -2.32. The van der Waals surface area contributed by atoms with Gasteiger partial charge in [0.2, 0.25) is 5.60 Å². The van der Waals surface area contributed by atoms with Gasteiger partial charge in [0.05, 0.1) is 32.9 Å². The highest BCUT2D eigenvalue weighted by atomic mass is 16.6. The Morgan fingerprint density at radius 1 is 0.897 bits per heavy atom. The summed E-state index contributed by atoms with van der Waals surface area (Å²) in [5.74, 6) is -1.57. The van der Waals surface area contributed by atoms with E-state index in [0.29, 0.717) is 95.7 Å². The number of piperazine rings is 1. The zero-order chi connectivity index (χ0) is 48.1. The number of piperidine rings is 1. The molecule has 1 unspecified atom stereocenters. The largest absolute Gasteiger partial charge is 0.496 e. The number of aromatic nitrogens is 1. The molecule has 1 saturated carbocycles. The topological polar surface area (TPSA) is 169 Å². The van der Waals surface area contributed by atoms with E-state index in [1.807, 2.05) is 42.0 Å². The van der Waals surface area contributed by atoms with Crippen LogP contribution in [0, 0.1) is 11.3 Å². The number of H-pyrrole nitrogens is 1. The van der Waals surface area contributed by atoms with Crippen LogP contribution in [0.5, 0.6) is 5.75 Å². The lowest BCUT2D eigenvalue weighted by molar-refractivity contribution is -0.228. The average Bonchev–Trinajstić information content (AvgIpc) is 4.00. The van der Waals surface area contributed by atoms with Gasteiger partial charge in [0.15, 0.2) is 6.10 Å². The van der Waals surface area contributed by atoms with Crippen molar-refractivity contribution in [3.8, 4) is 5.75 Å². The van der Waals surface area contributed by atoms with Gasteiger partial charge < -0.3 is 54.0 Å². The predicted molar refractivity (Wildman–Crippen MR) is 256 cm³/mol. The van der Waals surface area contributed by atoms with Crippen molar-refractivity contribution in [3.63, 3.8) is 0 Å². The molecule has 3 N–H and O–H groups in total. The van der Waals surface area contributed by atoms with Crippen LogP contribution in [0.3, 0.4) is 0 Å². The SMILES string of the molecule is CC[C@]1(NC(=O)N2CCN(C)CC2)C[C@H]2CN(CCc3c([nH]c4ccccc34)[C@@](C(=O)OC)(c3cc4c(cc3OC)N(C)[C@H]3[C@@](O)(C(=O)OC)[C@H](OC(C)=O)[C@]5(CC)C=CCN6CC[C@]43[C@@H]65)C2)C1. The van der Waals surface area contributed by atoms with Crippen molar-refractivity contribution < 1.29 is 43.2 Å². The van der Waals surface area contributed by atoms with Crippen LogP contribution in [-0.4, -0.2) is 177 Å². The van der Waals surface area contributed by atoms with Crippen molar-refractivity contribution in [3.05, 3.63) is 70.9 Å². The molecular weight excluding hydrogens is 867 g/mol. The van der Waals surface area contributed by atoms with Gasteiger partial charge in [0.1, 0.15) is 11.2 Å². The van der Waals surface area contributed by atoms with E-state index < -0.39 is 57.4 Å². The van der Waals surface area contributed by atoms with Crippen molar-refractivity contribution >= 4 is 40.5 Å². The van der Waals surface area contributed by atoms with E-state index in [2.05, 4.69) is 69.3 Å². The highest BCUT2D eigenvalue weighted by molar-refractivity contribution is 5.95. The number of urea groups is 1. The van der Waals surface area contributed by atoms with Gasteiger partial charge in [-0.2, -0.15) is 0 Å². The third-order valence-corrected chi connectivity index (χ3v) is 17.8. The second kappa shape index (κ2) is 16.8. The number of hydrogen-bond acceptors (Lipinski definition) is 13. The zero-order valence-electron chi connectivity index (χ0n) is 41.0. The summed E-state index contributed by atoms with van der Waals surface area (Å²) in [6.45, 7) is 11.8. The number of hydrogen-bond donors (Lipinski definition) is 3. The second-order valence-corrected chi connectivity index (χ2v) is 21.0. The number of benzene rings is 2. The first-order valence-corrected chi connectivity index (χ1v) is 24.6. The second-order valence-electron chi connectivity index (χ2n) is 21.0. The van der Waals surface area contributed by atoms with Crippen molar-refractivity contribution in [2.45, 2.75) is 99.5 Å². The van der Waals surface area contributed by atoms with E-state index in [-0.39, 0.29) is 18.0 Å². The summed E-state index contributed by atoms with van der Waals surface area (Å²) in [5, 5.41) is 18.1. The van der Waals surface area contributed by atoms with Crippen LogP contribution < -0.4 is 15.0 Å². The van der Waals surface area contributed by atoms with E-state index in [1.165, 1.54) is 21.1 Å². The number of carbonyl (C=O) groups is 4. The van der Waals surface area contributed by atoms with E-state index in [0.717, 1.165) is 46.5 Å². The zero-order valence-corrected chi connectivity index (χ0v) is 41.0. The fourth-order valence-electron chi connectivity index (χ4n) is 15.0. The van der Waals surface area contributed by atoms with Crippen LogP contribution in [-0.2, 0) is 45.8 Å². The van der Waals surface area contributed by atoms with Gasteiger partial charge in [-0.1, -0.05) is 44.2 Å². The number of nitrogens with one attached hydrogen (secondary N) is 2. The molecule has 16 nitrogen and oxygen atoms in total. The predicted octanol–water partition coefficient (Wildman–Crippen LogP) is 3.96. The van der Waals surface area contributed by atoms with Crippen molar-refractivity contribution in [1.29, 1.82) is 0 Å². The summed E-state index contributed by atoms with van der Waals surface area (Å²) < 4.78 is 24.3. The lowest BCUT2D eigenvalue weighted by Gasteiger charge is -2.63. The Balaban J connectivity index is 1.20. The minimum Gasteiger partial charge on any atom is -0.496 e. The van der Waals surface area contributed by atoms with Gasteiger partial charge in [-0.3, -0.25) is 14.5 Å². The molecule has 3 saturated heterocycles. The third-order valence-electron chi connectivity index (χ3n) is 17.8.